The maximum absolute atomic E-state index is 13.3. The van der Waals surface area contributed by atoms with Gasteiger partial charge in [0.2, 0.25) is 0 Å². The van der Waals surface area contributed by atoms with Crippen LogP contribution >= 0.6 is 11.6 Å². The van der Waals surface area contributed by atoms with Gasteiger partial charge in [-0.25, -0.2) is 4.79 Å². The lowest BCUT2D eigenvalue weighted by Gasteiger charge is -2.12. The second-order valence-electron chi connectivity index (χ2n) is 4.85. The Morgan fingerprint density at radius 1 is 1.08 bits per heavy atom. The molecule has 2 rings (SSSR count). The predicted octanol–water partition coefficient (Wildman–Crippen LogP) is 5.55. The highest BCUT2D eigenvalue weighted by molar-refractivity contribution is 6.30. The van der Waals surface area contributed by atoms with Crippen molar-refractivity contribution in [2.24, 2.45) is 0 Å². The van der Waals surface area contributed by atoms with Crippen LogP contribution in [-0.2, 0) is 17.1 Å². The van der Waals surface area contributed by atoms with E-state index in [1.54, 1.807) is 4.98 Å². The summed E-state index contributed by atoms with van der Waals surface area (Å²) in [5, 5.41) is 0.222. The van der Waals surface area contributed by atoms with Gasteiger partial charge in [-0.1, -0.05) is 23.7 Å². The molecular weight excluding hydrogens is 376 g/mol. The summed E-state index contributed by atoms with van der Waals surface area (Å²) >= 11 is 5.67. The fourth-order valence-electron chi connectivity index (χ4n) is 2.24. The molecule has 0 unspecified atom stereocenters. The van der Waals surface area contributed by atoms with E-state index >= 15 is 0 Å². The molecule has 0 aliphatic rings. The molecule has 0 spiro atoms. The molecule has 10 heteroatoms. The highest BCUT2D eigenvalue weighted by atomic mass is 35.5. The summed E-state index contributed by atoms with van der Waals surface area (Å²) in [7, 11) is 0. The van der Waals surface area contributed by atoms with E-state index in [4.69, 9.17) is 11.6 Å². The van der Waals surface area contributed by atoms with E-state index in [0.717, 1.165) is 0 Å². The number of nitrogens with one attached hydrogen (secondary N) is 1. The van der Waals surface area contributed by atoms with Crippen molar-refractivity contribution in [2.45, 2.75) is 19.3 Å². The third kappa shape index (κ3) is 3.92. The summed E-state index contributed by atoms with van der Waals surface area (Å²) in [5.74, 6) is -1.51. The van der Waals surface area contributed by atoms with Crippen LogP contribution in [0.25, 0.3) is 11.3 Å². The molecule has 0 saturated carbocycles. The van der Waals surface area contributed by atoms with Crippen molar-refractivity contribution in [2.75, 3.05) is 6.61 Å². The molecule has 2 aromatic rings. The number of alkyl halides is 6. The molecule has 0 radical (unpaired) electrons. The average molecular weight is 386 g/mol. The predicted molar refractivity (Wildman–Crippen MR) is 77.2 cm³/mol. The van der Waals surface area contributed by atoms with Gasteiger partial charge < -0.3 is 9.72 Å². The van der Waals surface area contributed by atoms with Gasteiger partial charge in [-0.15, -0.1) is 0 Å². The van der Waals surface area contributed by atoms with E-state index in [2.05, 4.69) is 4.74 Å². The molecule has 3 nitrogen and oxygen atoms in total. The third-order valence-electron chi connectivity index (χ3n) is 3.18. The number of rotatable bonds is 3. The van der Waals surface area contributed by atoms with Gasteiger partial charge in [0.25, 0.3) is 0 Å². The van der Waals surface area contributed by atoms with Crippen molar-refractivity contribution in [1.82, 2.24) is 4.98 Å². The topological polar surface area (TPSA) is 42.1 Å². The molecule has 25 heavy (non-hydrogen) atoms. The Morgan fingerprint density at radius 3 is 2.08 bits per heavy atom. The van der Waals surface area contributed by atoms with Gasteiger partial charge in [-0.3, -0.25) is 0 Å². The highest BCUT2D eigenvalue weighted by Gasteiger charge is 2.49. The second-order valence-corrected chi connectivity index (χ2v) is 5.28. The van der Waals surface area contributed by atoms with Crippen LogP contribution in [0.2, 0.25) is 5.02 Å². The van der Waals surface area contributed by atoms with Crippen LogP contribution < -0.4 is 0 Å². The first-order chi connectivity index (χ1) is 11.5. The normalized spacial score (nSPS) is 12.3. The van der Waals surface area contributed by atoms with Gasteiger partial charge >= 0.3 is 18.3 Å². The van der Waals surface area contributed by atoms with Crippen molar-refractivity contribution >= 4 is 17.6 Å². The zero-order valence-electron chi connectivity index (χ0n) is 12.5. The number of esters is 1. The first-order valence-electron chi connectivity index (χ1n) is 6.80. The lowest BCUT2D eigenvalue weighted by atomic mass is 10.0. The number of hydrogen-bond donors (Lipinski definition) is 1. The quantitative estimate of drug-likeness (QED) is 0.556. The van der Waals surface area contributed by atoms with Crippen LogP contribution in [-0.4, -0.2) is 17.6 Å². The fourth-order valence-corrected chi connectivity index (χ4v) is 2.36. The molecule has 0 fully saturated rings. The van der Waals surface area contributed by atoms with Crippen LogP contribution in [0.3, 0.4) is 0 Å². The molecule has 1 heterocycles. The molecule has 1 N–H and O–H groups in total. The van der Waals surface area contributed by atoms with Crippen molar-refractivity contribution in [3.05, 3.63) is 46.1 Å². The Morgan fingerprint density at radius 2 is 1.64 bits per heavy atom. The van der Waals surface area contributed by atoms with Gasteiger partial charge in [0.1, 0.15) is 11.3 Å². The van der Waals surface area contributed by atoms with E-state index in [1.807, 2.05) is 0 Å². The van der Waals surface area contributed by atoms with Crippen molar-refractivity contribution in [1.29, 1.82) is 0 Å². The second kappa shape index (κ2) is 6.62. The van der Waals surface area contributed by atoms with Crippen molar-refractivity contribution < 1.29 is 35.9 Å². The zero-order chi connectivity index (χ0) is 19.0. The van der Waals surface area contributed by atoms with Gasteiger partial charge in [0.15, 0.2) is 0 Å². The van der Waals surface area contributed by atoms with Crippen LogP contribution in [0.1, 0.15) is 28.5 Å². The lowest BCUT2D eigenvalue weighted by molar-refractivity contribution is -0.164. The first kappa shape index (κ1) is 19.2. The molecular formula is C15H10ClF6NO2. The number of benzene rings is 1. The number of H-pyrrole nitrogens is 1. The fraction of sp³-hybridized carbons (Fsp3) is 0.267. The zero-order valence-corrected chi connectivity index (χ0v) is 13.2. The van der Waals surface area contributed by atoms with Crippen molar-refractivity contribution in [3.63, 3.8) is 0 Å². The summed E-state index contributed by atoms with van der Waals surface area (Å²) in [4.78, 5) is 13.7. The first-order valence-corrected chi connectivity index (χ1v) is 7.18. The number of hydrogen-bond acceptors (Lipinski definition) is 2. The number of aromatic nitrogens is 1. The Kier molecular flexibility index (Phi) is 5.08. The van der Waals surface area contributed by atoms with E-state index in [1.165, 1.54) is 31.2 Å². The SMILES string of the molecule is CCOC(=O)c1c(-c2ccc(Cl)cc2)[nH]c(C(F)(F)F)c1C(F)(F)F. The minimum Gasteiger partial charge on any atom is -0.462 e. The molecule has 1 aromatic carbocycles. The largest absolute Gasteiger partial charge is 0.462 e. The molecule has 0 amide bonds. The maximum atomic E-state index is 13.3. The van der Waals surface area contributed by atoms with Crippen LogP contribution in [0.4, 0.5) is 26.3 Å². The molecule has 136 valence electrons. The maximum Gasteiger partial charge on any atom is 0.431 e. The molecule has 0 saturated heterocycles. The summed E-state index contributed by atoms with van der Waals surface area (Å²) in [5.41, 5.74) is -6.11. The van der Waals surface area contributed by atoms with Crippen LogP contribution in [0, 0.1) is 0 Å². The minimum atomic E-state index is -5.42. The summed E-state index contributed by atoms with van der Waals surface area (Å²) < 4.78 is 83.7. The standard InChI is InChI=1S/C15H10ClF6NO2/c1-2-25-13(24)9-10(14(17,18)19)12(15(20,21)22)23-11(9)7-3-5-8(16)6-4-7/h3-6,23H,2H2,1H3. The molecule has 1 aromatic heterocycles. The minimum absolute atomic E-state index is 0.0755. The molecule has 0 bridgehead atoms. The summed E-state index contributed by atoms with van der Waals surface area (Å²) in [6.07, 6.45) is -10.8. The molecule has 0 aliphatic heterocycles. The number of carbonyl (C=O) groups is 1. The number of halogens is 7. The van der Waals surface area contributed by atoms with E-state index < -0.39 is 40.8 Å². The monoisotopic (exact) mass is 385 g/mol. The van der Waals surface area contributed by atoms with Gasteiger partial charge in [-0.2, -0.15) is 26.3 Å². The lowest BCUT2D eigenvalue weighted by Crippen LogP contribution is -2.19. The van der Waals surface area contributed by atoms with E-state index in [0.29, 0.717) is 0 Å². The van der Waals surface area contributed by atoms with E-state index in [-0.39, 0.29) is 17.2 Å². The molecule has 0 aliphatic carbocycles. The smallest absolute Gasteiger partial charge is 0.431 e. The Hall–Kier alpha value is -2.16. The van der Waals surface area contributed by atoms with Gasteiger partial charge in [0.05, 0.1) is 17.9 Å². The van der Waals surface area contributed by atoms with Gasteiger partial charge in [0, 0.05) is 5.02 Å². The highest BCUT2D eigenvalue weighted by Crippen LogP contribution is 2.45. The summed E-state index contributed by atoms with van der Waals surface area (Å²) in [6, 6.07) is 4.93. The number of ether oxygens (including phenoxy) is 1. The van der Waals surface area contributed by atoms with Gasteiger partial charge in [-0.05, 0) is 24.6 Å². The number of aromatic amines is 1. The third-order valence-corrected chi connectivity index (χ3v) is 3.43. The Balaban J connectivity index is 2.84. The van der Waals surface area contributed by atoms with Crippen molar-refractivity contribution in [3.8, 4) is 11.3 Å². The Bertz CT molecular complexity index is 777. The number of carbonyl (C=O) groups excluding carboxylic acids is 1. The summed E-state index contributed by atoms with van der Waals surface area (Å²) in [6.45, 7) is 1.02. The Labute approximate surface area is 142 Å². The average Bonchev–Trinajstić information content (AvgIpc) is 2.89. The van der Waals surface area contributed by atoms with Crippen LogP contribution in [0.15, 0.2) is 24.3 Å². The molecule has 0 atom stereocenters. The van der Waals surface area contributed by atoms with Crippen LogP contribution in [0.5, 0.6) is 0 Å². The van der Waals surface area contributed by atoms with E-state index in [9.17, 15) is 31.1 Å².